The number of ether oxygens (including phenoxy) is 1. The highest BCUT2D eigenvalue weighted by Gasteiger charge is 2.18. The lowest BCUT2D eigenvalue weighted by atomic mass is 10.1. The van der Waals surface area contributed by atoms with Crippen LogP contribution >= 0.6 is 0 Å². The molecule has 0 heterocycles. The molecular weight excluding hydrogens is 535 g/mol. The molecule has 0 spiro atoms. The summed E-state index contributed by atoms with van der Waals surface area (Å²) < 4.78 is 19.3. The van der Waals surface area contributed by atoms with Gasteiger partial charge in [0.25, 0.3) is 5.91 Å². The van der Waals surface area contributed by atoms with Crippen molar-refractivity contribution in [1.29, 1.82) is 0 Å². The number of halogens is 1. The van der Waals surface area contributed by atoms with Crippen molar-refractivity contribution in [2.24, 2.45) is 22.2 Å². The van der Waals surface area contributed by atoms with Gasteiger partial charge in [-0.1, -0.05) is 54.1 Å². The standard InChI is InChI=1S/C32H33FN6O3/c1-20-3-2-4-23(15-20)18-37-30(40)27-14-13-26(17-29(27)42-19-22-5-9-24(33)10-6-22)38-31(41)28(34)16-21-7-11-25(12-8-21)39-32(35)36/h2-15,17,28H,16,18-19,34H2,1H3,(H,37,40)(H,38,41)(H4,35,36,39)/t28-/m0/s1. The lowest BCUT2D eigenvalue weighted by Gasteiger charge is -2.16. The number of nitrogens with one attached hydrogen (secondary N) is 2. The largest absolute Gasteiger partial charge is 0.488 e. The highest BCUT2D eigenvalue weighted by Crippen LogP contribution is 2.25. The number of anilines is 1. The first-order valence-electron chi connectivity index (χ1n) is 13.3. The summed E-state index contributed by atoms with van der Waals surface area (Å²) in [5.41, 5.74) is 21.9. The number of aryl methyl sites for hydroxylation is 1. The molecule has 0 aliphatic rings. The summed E-state index contributed by atoms with van der Waals surface area (Å²) in [4.78, 5) is 30.0. The molecule has 0 unspecified atom stereocenters. The van der Waals surface area contributed by atoms with Gasteiger partial charge in [-0.25, -0.2) is 9.38 Å². The summed E-state index contributed by atoms with van der Waals surface area (Å²) in [5.74, 6) is -0.910. The average molecular weight is 569 g/mol. The topological polar surface area (TPSA) is 158 Å². The maximum atomic E-state index is 13.4. The maximum Gasteiger partial charge on any atom is 0.255 e. The summed E-state index contributed by atoms with van der Waals surface area (Å²) in [6, 6.07) is 24.7. The SMILES string of the molecule is Cc1cccc(CNC(=O)c2ccc(NC(=O)[C@@H](N)Cc3ccc(N=C(N)N)cc3)cc2OCc2ccc(F)cc2)c1. The van der Waals surface area contributed by atoms with Crippen LogP contribution in [-0.4, -0.2) is 23.8 Å². The second kappa shape index (κ2) is 13.9. The second-order valence-corrected chi connectivity index (χ2v) is 9.80. The van der Waals surface area contributed by atoms with E-state index in [-0.39, 0.29) is 42.0 Å². The van der Waals surface area contributed by atoms with Gasteiger partial charge in [0.15, 0.2) is 5.96 Å². The Kier molecular flexibility index (Phi) is 9.85. The van der Waals surface area contributed by atoms with E-state index < -0.39 is 11.9 Å². The number of aliphatic imine (C=N–C) groups is 1. The van der Waals surface area contributed by atoms with Gasteiger partial charge in [-0.05, 0) is 66.4 Å². The Labute approximate surface area is 243 Å². The van der Waals surface area contributed by atoms with Crippen molar-refractivity contribution in [3.8, 4) is 5.75 Å². The molecule has 10 heteroatoms. The fraction of sp³-hybridized carbons (Fsp3) is 0.156. The highest BCUT2D eigenvalue weighted by molar-refractivity contribution is 5.99. The van der Waals surface area contributed by atoms with Crippen molar-refractivity contribution < 1.29 is 18.7 Å². The maximum absolute atomic E-state index is 13.4. The molecule has 4 rings (SSSR count). The lowest BCUT2D eigenvalue weighted by molar-refractivity contribution is -0.117. The van der Waals surface area contributed by atoms with Crippen molar-refractivity contribution in [2.45, 2.75) is 32.5 Å². The van der Waals surface area contributed by atoms with E-state index in [4.69, 9.17) is 21.9 Å². The van der Waals surface area contributed by atoms with Crippen molar-refractivity contribution in [3.05, 3.63) is 125 Å². The molecule has 0 aliphatic carbocycles. The Morgan fingerprint density at radius 1 is 0.905 bits per heavy atom. The van der Waals surface area contributed by atoms with Crippen molar-refractivity contribution >= 4 is 29.1 Å². The number of hydrogen-bond donors (Lipinski definition) is 5. The number of benzene rings is 4. The molecule has 0 saturated carbocycles. The Morgan fingerprint density at radius 2 is 1.62 bits per heavy atom. The van der Waals surface area contributed by atoms with Gasteiger partial charge in [0.2, 0.25) is 5.91 Å². The molecule has 0 bridgehead atoms. The molecule has 4 aromatic rings. The molecule has 0 radical (unpaired) electrons. The zero-order valence-electron chi connectivity index (χ0n) is 23.1. The summed E-state index contributed by atoms with van der Waals surface area (Å²) in [6.45, 7) is 2.40. The molecule has 0 saturated heterocycles. The molecule has 216 valence electrons. The van der Waals surface area contributed by atoms with E-state index in [9.17, 15) is 14.0 Å². The molecule has 42 heavy (non-hydrogen) atoms. The van der Waals surface area contributed by atoms with Gasteiger partial charge in [0.1, 0.15) is 18.2 Å². The van der Waals surface area contributed by atoms with Gasteiger partial charge in [-0.3, -0.25) is 9.59 Å². The first-order chi connectivity index (χ1) is 20.2. The van der Waals surface area contributed by atoms with Crippen LogP contribution in [0.15, 0.2) is 96.0 Å². The Bertz CT molecular complexity index is 1570. The summed E-state index contributed by atoms with van der Waals surface area (Å²) in [6.07, 6.45) is 0.279. The van der Waals surface area contributed by atoms with Crippen LogP contribution in [0.4, 0.5) is 15.8 Å². The van der Waals surface area contributed by atoms with Gasteiger partial charge in [0.05, 0.1) is 17.3 Å². The van der Waals surface area contributed by atoms with Crippen LogP contribution in [0.5, 0.6) is 5.75 Å². The molecule has 8 N–H and O–H groups in total. The van der Waals surface area contributed by atoms with E-state index in [0.29, 0.717) is 23.5 Å². The lowest BCUT2D eigenvalue weighted by Crippen LogP contribution is -2.37. The number of nitrogens with zero attached hydrogens (tertiary/aromatic N) is 1. The number of nitrogens with two attached hydrogens (primary N) is 3. The third-order valence-corrected chi connectivity index (χ3v) is 6.32. The van der Waals surface area contributed by atoms with E-state index in [1.165, 1.54) is 12.1 Å². The minimum atomic E-state index is -0.847. The summed E-state index contributed by atoms with van der Waals surface area (Å²) >= 11 is 0. The van der Waals surface area contributed by atoms with Crippen LogP contribution in [0.2, 0.25) is 0 Å². The van der Waals surface area contributed by atoms with Crippen LogP contribution in [0.25, 0.3) is 0 Å². The predicted octanol–water partition coefficient (Wildman–Crippen LogP) is 4.06. The summed E-state index contributed by atoms with van der Waals surface area (Å²) in [5, 5.41) is 5.71. The Balaban J connectivity index is 1.47. The molecule has 0 aliphatic heterocycles. The van der Waals surface area contributed by atoms with E-state index in [1.54, 1.807) is 54.6 Å². The van der Waals surface area contributed by atoms with Gasteiger partial charge in [-0.15, -0.1) is 0 Å². The van der Waals surface area contributed by atoms with E-state index in [1.807, 2.05) is 31.2 Å². The highest BCUT2D eigenvalue weighted by atomic mass is 19.1. The van der Waals surface area contributed by atoms with E-state index in [2.05, 4.69) is 15.6 Å². The molecular formula is C32H33FN6O3. The number of rotatable bonds is 11. The van der Waals surface area contributed by atoms with Gasteiger partial charge in [-0.2, -0.15) is 0 Å². The fourth-order valence-electron chi connectivity index (χ4n) is 4.19. The Hall–Kier alpha value is -5.22. The minimum absolute atomic E-state index is 0.0466. The van der Waals surface area contributed by atoms with E-state index in [0.717, 1.165) is 16.7 Å². The third-order valence-electron chi connectivity index (χ3n) is 6.32. The second-order valence-electron chi connectivity index (χ2n) is 9.80. The Morgan fingerprint density at radius 3 is 2.31 bits per heavy atom. The zero-order valence-corrected chi connectivity index (χ0v) is 23.1. The zero-order chi connectivity index (χ0) is 30.1. The van der Waals surface area contributed by atoms with Crippen LogP contribution in [0, 0.1) is 12.7 Å². The summed E-state index contributed by atoms with van der Waals surface area (Å²) in [7, 11) is 0. The molecule has 0 aromatic heterocycles. The number of guanidine groups is 1. The molecule has 4 aromatic carbocycles. The van der Waals surface area contributed by atoms with Gasteiger partial charge < -0.3 is 32.6 Å². The number of hydrogen-bond acceptors (Lipinski definition) is 5. The number of amides is 2. The molecule has 9 nitrogen and oxygen atoms in total. The first kappa shape index (κ1) is 29.8. The van der Waals surface area contributed by atoms with Crippen LogP contribution < -0.4 is 32.6 Å². The number of carbonyl (C=O) groups is 2. The first-order valence-corrected chi connectivity index (χ1v) is 13.3. The smallest absolute Gasteiger partial charge is 0.255 e. The quantitative estimate of drug-likeness (QED) is 0.136. The average Bonchev–Trinajstić information content (AvgIpc) is 2.96. The third kappa shape index (κ3) is 8.64. The monoisotopic (exact) mass is 568 g/mol. The number of carbonyl (C=O) groups excluding carboxylic acids is 2. The van der Waals surface area contributed by atoms with Crippen molar-refractivity contribution in [2.75, 3.05) is 5.32 Å². The van der Waals surface area contributed by atoms with Crippen molar-refractivity contribution in [1.82, 2.24) is 5.32 Å². The normalized spacial score (nSPS) is 11.3. The predicted molar refractivity (Wildman–Crippen MR) is 162 cm³/mol. The van der Waals surface area contributed by atoms with Gasteiger partial charge >= 0.3 is 0 Å². The van der Waals surface area contributed by atoms with Crippen LogP contribution in [0.1, 0.15) is 32.6 Å². The van der Waals surface area contributed by atoms with E-state index >= 15 is 0 Å². The molecule has 1 atom stereocenters. The van der Waals surface area contributed by atoms with Gasteiger partial charge in [0, 0.05) is 18.3 Å². The fourth-order valence-corrected chi connectivity index (χ4v) is 4.19. The van der Waals surface area contributed by atoms with Crippen LogP contribution in [-0.2, 0) is 24.4 Å². The minimum Gasteiger partial charge on any atom is -0.488 e. The van der Waals surface area contributed by atoms with Crippen molar-refractivity contribution in [3.63, 3.8) is 0 Å². The molecule has 2 amide bonds. The van der Waals surface area contributed by atoms with Crippen LogP contribution in [0.3, 0.4) is 0 Å². The molecule has 0 fully saturated rings.